The average Bonchev–Trinajstić information content (AvgIpc) is 3.25. The van der Waals surface area contributed by atoms with Crippen molar-refractivity contribution >= 4 is 29.2 Å². The minimum absolute atomic E-state index is 0.0000705. The Labute approximate surface area is 201 Å². The first-order valence-corrected chi connectivity index (χ1v) is 10.8. The molecule has 1 N–H and O–H groups in total. The molecular formula is C26H21ClN2O5. The first-order chi connectivity index (χ1) is 16.5. The topological polar surface area (TPSA) is 90.7 Å². The number of hydrogen-bond acceptors (Lipinski definition) is 6. The lowest BCUT2D eigenvalue weighted by Gasteiger charge is -2.18. The predicted octanol–water partition coefficient (Wildman–Crippen LogP) is 5.85. The van der Waals surface area contributed by atoms with Gasteiger partial charge in [0.15, 0.2) is 5.69 Å². The van der Waals surface area contributed by atoms with Crippen LogP contribution in [0.2, 0.25) is 5.02 Å². The normalized spacial score (nSPS) is 11.5. The molecule has 0 aliphatic carbocycles. The minimum Gasteiger partial charge on any atom is -0.495 e. The van der Waals surface area contributed by atoms with Gasteiger partial charge in [-0.05, 0) is 37.3 Å². The van der Waals surface area contributed by atoms with Crippen LogP contribution in [0.4, 0.5) is 5.69 Å². The van der Waals surface area contributed by atoms with Gasteiger partial charge in [-0.1, -0.05) is 60.1 Å². The molecule has 4 aromatic rings. The molecule has 3 aromatic carbocycles. The molecule has 1 amide bonds. The first-order valence-electron chi connectivity index (χ1n) is 10.4. The molecule has 0 fully saturated rings. The molecule has 7 nitrogen and oxygen atoms in total. The Hall–Kier alpha value is -4.10. The Bertz CT molecular complexity index is 1310. The van der Waals surface area contributed by atoms with E-state index in [-0.39, 0.29) is 11.5 Å². The van der Waals surface area contributed by atoms with Crippen molar-refractivity contribution in [2.45, 2.75) is 13.0 Å². The lowest BCUT2D eigenvalue weighted by molar-refractivity contribution is -0.125. The van der Waals surface area contributed by atoms with Crippen LogP contribution in [0.3, 0.4) is 0 Å². The second-order valence-electron chi connectivity index (χ2n) is 7.32. The third-order valence-corrected chi connectivity index (χ3v) is 5.29. The van der Waals surface area contributed by atoms with Crippen molar-refractivity contribution in [3.63, 3.8) is 0 Å². The predicted molar refractivity (Wildman–Crippen MR) is 128 cm³/mol. The molecule has 172 valence electrons. The van der Waals surface area contributed by atoms with Gasteiger partial charge in [-0.25, -0.2) is 9.78 Å². The van der Waals surface area contributed by atoms with Crippen LogP contribution in [0.1, 0.15) is 27.9 Å². The summed E-state index contributed by atoms with van der Waals surface area (Å²) in [5, 5.41) is 3.07. The number of rotatable bonds is 7. The maximum absolute atomic E-state index is 13.2. The average molecular weight is 477 g/mol. The van der Waals surface area contributed by atoms with Gasteiger partial charge in [-0.2, -0.15) is 0 Å². The van der Waals surface area contributed by atoms with E-state index in [4.69, 9.17) is 25.5 Å². The van der Waals surface area contributed by atoms with E-state index in [1.165, 1.54) is 7.11 Å². The Balaban J connectivity index is 1.59. The molecule has 0 aliphatic rings. The monoisotopic (exact) mass is 476 g/mol. The molecule has 1 heterocycles. The fourth-order valence-electron chi connectivity index (χ4n) is 3.31. The molecule has 1 unspecified atom stereocenters. The SMILES string of the molecule is COc1ccc(NC(=O)C(OC(=O)c2nc(-c3ccccc3)oc2C)c2ccccc2)cc1Cl. The number of halogens is 1. The minimum atomic E-state index is -1.23. The van der Waals surface area contributed by atoms with E-state index in [1.54, 1.807) is 55.5 Å². The number of benzene rings is 3. The fraction of sp³-hybridized carbons (Fsp3) is 0.115. The van der Waals surface area contributed by atoms with E-state index < -0.39 is 18.0 Å². The summed E-state index contributed by atoms with van der Waals surface area (Å²) in [6, 6.07) is 22.7. The van der Waals surface area contributed by atoms with E-state index in [9.17, 15) is 9.59 Å². The molecule has 34 heavy (non-hydrogen) atoms. The zero-order chi connectivity index (χ0) is 24.1. The van der Waals surface area contributed by atoms with Crippen molar-refractivity contribution in [2.75, 3.05) is 12.4 Å². The van der Waals surface area contributed by atoms with Crippen molar-refractivity contribution in [3.05, 3.63) is 101 Å². The van der Waals surface area contributed by atoms with Crippen LogP contribution in [0.15, 0.2) is 83.3 Å². The largest absolute Gasteiger partial charge is 0.495 e. The first kappa shape index (κ1) is 23.1. The van der Waals surface area contributed by atoms with Gasteiger partial charge in [0.25, 0.3) is 5.91 Å². The molecular weight excluding hydrogens is 456 g/mol. The number of esters is 1. The summed E-state index contributed by atoms with van der Waals surface area (Å²) in [7, 11) is 1.50. The molecule has 0 radical (unpaired) electrons. The molecule has 1 atom stereocenters. The second-order valence-corrected chi connectivity index (χ2v) is 7.73. The summed E-state index contributed by atoms with van der Waals surface area (Å²) < 4.78 is 16.4. The van der Waals surface area contributed by atoms with E-state index in [0.29, 0.717) is 27.9 Å². The van der Waals surface area contributed by atoms with Gasteiger partial charge in [-0.15, -0.1) is 0 Å². The number of ether oxygens (including phenoxy) is 2. The highest BCUT2D eigenvalue weighted by atomic mass is 35.5. The third-order valence-electron chi connectivity index (χ3n) is 5.00. The van der Waals surface area contributed by atoms with Crippen molar-refractivity contribution < 1.29 is 23.5 Å². The molecule has 0 bridgehead atoms. The number of oxazole rings is 1. The van der Waals surface area contributed by atoms with Crippen LogP contribution in [0, 0.1) is 6.92 Å². The number of carbonyl (C=O) groups excluding carboxylic acids is 2. The molecule has 8 heteroatoms. The number of methoxy groups -OCH3 is 1. The number of carbonyl (C=O) groups is 2. The van der Waals surface area contributed by atoms with Crippen molar-refractivity contribution in [1.29, 1.82) is 0 Å². The van der Waals surface area contributed by atoms with Gasteiger partial charge in [0, 0.05) is 16.8 Å². The Morgan fingerprint density at radius 2 is 1.68 bits per heavy atom. The second kappa shape index (κ2) is 10.2. The molecule has 1 aromatic heterocycles. The summed E-state index contributed by atoms with van der Waals surface area (Å²) in [5.41, 5.74) is 1.65. The summed E-state index contributed by atoms with van der Waals surface area (Å²) in [6.45, 7) is 1.62. The lowest BCUT2D eigenvalue weighted by atomic mass is 10.1. The van der Waals surface area contributed by atoms with Gasteiger partial charge < -0.3 is 19.2 Å². The van der Waals surface area contributed by atoms with Gasteiger partial charge in [-0.3, -0.25) is 4.79 Å². The smallest absolute Gasteiger partial charge is 0.361 e. The molecule has 4 rings (SSSR count). The van der Waals surface area contributed by atoms with Crippen LogP contribution in [0.5, 0.6) is 5.75 Å². The Kier molecular flexibility index (Phi) is 6.94. The highest BCUT2D eigenvalue weighted by Crippen LogP contribution is 2.29. The van der Waals surface area contributed by atoms with Crippen LogP contribution in [-0.4, -0.2) is 24.0 Å². The summed E-state index contributed by atoms with van der Waals surface area (Å²) in [4.78, 5) is 30.5. The number of nitrogens with one attached hydrogen (secondary N) is 1. The zero-order valence-electron chi connectivity index (χ0n) is 18.4. The van der Waals surface area contributed by atoms with E-state index in [1.807, 2.05) is 30.3 Å². The van der Waals surface area contributed by atoms with Crippen molar-refractivity contribution in [3.8, 4) is 17.2 Å². The van der Waals surface area contributed by atoms with Crippen molar-refractivity contribution in [2.24, 2.45) is 0 Å². The standard InChI is InChI=1S/C26H21ClN2O5/c1-16-22(29-25(33-16)18-11-7-4-8-12-18)26(31)34-23(17-9-5-3-6-10-17)24(30)28-19-13-14-21(32-2)20(27)15-19/h3-15,23H,1-2H3,(H,28,30). The Morgan fingerprint density at radius 1 is 1.00 bits per heavy atom. The Morgan fingerprint density at radius 3 is 2.32 bits per heavy atom. The van der Waals surface area contributed by atoms with Gasteiger partial charge in [0.2, 0.25) is 12.0 Å². The van der Waals surface area contributed by atoms with Gasteiger partial charge in [0.1, 0.15) is 11.5 Å². The highest BCUT2D eigenvalue weighted by molar-refractivity contribution is 6.32. The molecule has 0 aliphatic heterocycles. The molecule has 0 saturated carbocycles. The number of nitrogens with zero attached hydrogens (tertiary/aromatic N) is 1. The summed E-state index contributed by atoms with van der Waals surface area (Å²) in [6.07, 6.45) is -1.23. The van der Waals surface area contributed by atoms with Gasteiger partial charge >= 0.3 is 5.97 Å². The van der Waals surface area contributed by atoms with Crippen LogP contribution in [-0.2, 0) is 9.53 Å². The van der Waals surface area contributed by atoms with Crippen LogP contribution in [0.25, 0.3) is 11.5 Å². The highest BCUT2D eigenvalue weighted by Gasteiger charge is 2.29. The maximum atomic E-state index is 13.2. The van der Waals surface area contributed by atoms with E-state index >= 15 is 0 Å². The number of aryl methyl sites for hydroxylation is 1. The number of anilines is 1. The third kappa shape index (κ3) is 5.10. The quantitative estimate of drug-likeness (QED) is 0.336. The van der Waals surface area contributed by atoms with Crippen LogP contribution >= 0.6 is 11.6 Å². The van der Waals surface area contributed by atoms with Crippen LogP contribution < -0.4 is 10.1 Å². The summed E-state index contributed by atoms with van der Waals surface area (Å²) in [5.74, 6) is -0.275. The fourth-order valence-corrected chi connectivity index (χ4v) is 3.56. The molecule has 0 spiro atoms. The molecule has 0 saturated heterocycles. The zero-order valence-corrected chi connectivity index (χ0v) is 19.2. The number of hydrogen-bond donors (Lipinski definition) is 1. The number of aromatic nitrogens is 1. The lowest BCUT2D eigenvalue weighted by Crippen LogP contribution is -2.26. The van der Waals surface area contributed by atoms with Gasteiger partial charge in [0.05, 0.1) is 12.1 Å². The summed E-state index contributed by atoms with van der Waals surface area (Å²) >= 11 is 6.16. The van der Waals surface area contributed by atoms with E-state index in [2.05, 4.69) is 10.3 Å². The number of amides is 1. The van der Waals surface area contributed by atoms with E-state index in [0.717, 1.165) is 5.56 Å². The maximum Gasteiger partial charge on any atom is 0.361 e. The van der Waals surface area contributed by atoms with Crippen molar-refractivity contribution in [1.82, 2.24) is 4.98 Å².